The highest BCUT2D eigenvalue weighted by Gasteiger charge is 2.45. The summed E-state index contributed by atoms with van der Waals surface area (Å²) in [6.45, 7) is 3.39. The van der Waals surface area contributed by atoms with E-state index in [1.54, 1.807) is 0 Å². The first kappa shape index (κ1) is 23.6. The number of anilines is 1. The fourth-order valence-corrected chi connectivity index (χ4v) is 5.08. The molecule has 0 atom stereocenters. The predicted octanol–water partition coefficient (Wildman–Crippen LogP) is 3.53. The van der Waals surface area contributed by atoms with Crippen molar-refractivity contribution in [2.45, 2.75) is 36.4 Å². The van der Waals surface area contributed by atoms with Crippen LogP contribution >= 0.6 is 22.9 Å². The van der Waals surface area contributed by atoms with E-state index in [2.05, 4.69) is 15.1 Å². The Morgan fingerprint density at radius 3 is 2.55 bits per heavy atom. The topological polar surface area (TPSA) is 97.8 Å². The monoisotopic (exact) mass is 499 g/mol. The number of sulfonamides is 1. The van der Waals surface area contributed by atoms with Crippen LogP contribution in [0.3, 0.4) is 0 Å². The molecule has 0 saturated carbocycles. The highest BCUT2D eigenvalue weighted by molar-refractivity contribution is 7.92. The Kier molecular flexibility index (Phi) is 6.69. The third-order valence-corrected chi connectivity index (χ3v) is 7.09. The normalized spacial score (nSPS) is 16.5. The number of carbonyl (C=O) groups excluding carboxylic acids is 1. The van der Waals surface area contributed by atoms with E-state index in [9.17, 15) is 26.4 Å². The van der Waals surface area contributed by atoms with Crippen LogP contribution in [-0.4, -0.2) is 44.2 Å². The molecule has 0 bridgehead atoms. The number of alkyl halides is 3. The van der Waals surface area contributed by atoms with Crippen molar-refractivity contribution in [2.75, 3.05) is 17.6 Å². The molecular weight excluding hydrogens is 483 g/mol. The van der Waals surface area contributed by atoms with E-state index in [-0.39, 0.29) is 15.2 Å². The quantitative estimate of drug-likeness (QED) is 0.607. The molecule has 1 aliphatic rings. The first-order chi connectivity index (χ1) is 14.4. The van der Waals surface area contributed by atoms with Crippen molar-refractivity contribution >= 4 is 44.1 Å². The summed E-state index contributed by atoms with van der Waals surface area (Å²) in [7, 11) is -4.78. The van der Waals surface area contributed by atoms with Gasteiger partial charge in [-0.05, 0) is 51.1 Å². The molecule has 31 heavy (non-hydrogen) atoms. The molecule has 0 unspecified atom stereocenters. The molecule has 0 radical (unpaired) electrons. The zero-order valence-electron chi connectivity index (χ0n) is 16.0. The average Bonchev–Trinajstić information content (AvgIpc) is 3.21. The van der Waals surface area contributed by atoms with Crippen molar-refractivity contribution < 1.29 is 36.0 Å². The molecule has 1 saturated heterocycles. The maximum atomic E-state index is 13.0. The molecule has 170 valence electrons. The second kappa shape index (κ2) is 8.81. The lowest BCUT2D eigenvalue weighted by molar-refractivity contribution is -0.199. The Hall–Kier alpha value is -2.09. The molecular formula is C17H17ClF3N3O5S2. The highest BCUT2D eigenvalue weighted by Crippen LogP contribution is 2.35. The lowest BCUT2D eigenvalue weighted by Gasteiger charge is -2.35. The van der Waals surface area contributed by atoms with E-state index in [1.165, 1.54) is 11.4 Å². The van der Waals surface area contributed by atoms with Crippen LogP contribution in [0.4, 0.5) is 18.3 Å². The smallest absolute Gasteiger partial charge is 0.486 e. The molecule has 0 spiro atoms. The number of halogens is 4. The third kappa shape index (κ3) is 5.40. The van der Waals surface area contributed by atoms with Crippen molar-refractivity contribution in [3.63, 3.8) is 0 Å². The van der Waals surface area contributed by atoms with Gasteiger partial charge in [0.1, 0.15) is 11.4 Å². The molecule has 3 rings (SSSR count). The van der Waals surface area contributed by atoms with Gasteiger partial charge in [-0.1, -0.05) is 16.1 Å². The van der Waals surface area contributed by atoms with Crippen LogP contribution in [0.15, 0.2) is 34.7 Å². The summed E-state index contributed by atoms with van der Waals surface area (Å²) >= 11 is 6.86. The molecule has 1 aromatic heterocycles. The Morgan fingerprint density at radius 1 is 1.32 bits per heavy atom. The summed E-state index contributed by atoms with van der Waals surface area (Å²) in [4.78, 5) is 18.6. The number of rotatable bonds is 6. The fraction of sp³-hybridized carbons (Fsp3) is 0.412. The van der Waals surface area contributed by atoms with Gasteiger partial charge in [0.05, 0.1) is 9.92 Å². The SMILES string of the molecule is CC1(Oc2ccc(S(=O)(=O)N(OC(=O)C(F)(F)F)c3nccs3)cc2Cl)CCNCC1. The van der Waals surface area contributed by atoms with E-state index < -0.39 is 37.8 Å². The number of nitrogens with one attached hydrogen (secondary N) is 1. The van der Waals surface area contributed by atoms with E-state index in [4.69, 9.17) is 16.3 Å². The van der Waals surface area contributed by atoms with Crippen molar-refractivity contribution in [1.82, 2.24) is 10.3 Å². The zero-order chi connectivity index (χ0) is 22.9. The van der Waals surface area contributed by atoms with Gasteiger partial charge >= 0.3 is 12.1 Å². The maximum absolute atomic E-state index is 13.0. The number of carbonyl (C=O) groups is 1. The molecule has 14 heteroatoms. The standard InChI is InChI=1S/C17H17ClF3N3O5S2/c1-16(4-6-22-7-5-16)28-13-3-2-11(10-12(13)18)31(26,27)24(15-23-8-9-30-15)29-14(25)17(19,20)21/h2-3,8-10,22H,4-7H2,1H3. The average molecular weight is 500 g/mol. The number of benzene rings is 1. The largest absolute Gasteiger partial charge is 0.493 e. The number of hydrogen-bond donors (Lipinski definition) is 1. The fourth-order valence-electron chi connectivity index (χ4n) is 2.77. The zero-order valence-corrected chi connectivity index (χ0v) is 18.4. The highest BCUT2D eigenvalue weighted by atomic mass is 35.5. The van der Waals surface area contributed by atoms with Crippen LogP contribution in [0.25, 0.3) is 0 Å². The molecule has 2 aromatic rings. The van der Waals surface area contributed by atoms with E-state index in [1.807, 2.05) is 6.92 Å². The van der Waals surface area contributed by atoms with Gasteiger partial charge < -0.3 is 14.9 Å². The minimum atomic E-state index is -5.41. The Bertz CT molecular complexity index is 1040. The van der Waals surface area contributed by atoms with Crippen LogP contribution < -0.4 is 14.5 Å². The first-order valence-corrected chi connectivity index (χ1v) is 11.6. The Balaban J connectivity index is 1.91. The molecule has 1 fully saturated rings. The van der Waals surface area contributed by atoms with E-state index in [0.717, 1.165) is 31.4 Å². The lowest BCUT2D eigenvalue weighted by Crippen LogP contribution is -2.43. The number of aromatic nitrogens is 1. The molecule has 0 aliphatic carbocycles. The summed E-state index contributed by atoms with van der Waals surface area (Å²) < 4.78 is 69.7. The molecule has 8 nitrogen and oxygen atoms in total. The summed E-state index contributed by atoms with van der Waals surface area (Å²) in [5.41, 5.74) is -0.509. The first-order valence-electron chi connectivity index (χ1n) is 8.86. The Labute approximate surface area is 184 Å². The van der Waals surface area contributed by atoms with Gasteiger partial charge in [-0.25, -0.2) is 9.78 Å². The summed E-state index contributed by atoms with van der Waals surface area (Å²) in [5, 5.41) is 3.95. The minimum absolute atomic E-state index is 0.0675. The van der Waals surface area contributed by atoms with Crippen LogP contribution in [0.1, 0.15) is 19.8 Å². The van der Waals surface area contributed by atoms with Crippen LogP contribution in [0.2, 0.25) is 5.02 Å². The number of thiazole rings is 1. The second-order valence-corrected chi connectivity index (χ2v) is 9.85. The third-order valence-electron chi connectivity index (χ3n) is 4.41. The summed E-state index contributed by atoms with van der Waals surface area (Å²) in [6.07, 6.45) is -2.86. The number of piperidine rings is 1. The molecule has 1 N–H and O–H groups in total. The van der Waals surface area contributed by atoms with E-state index >= 15 is 0 Å². The maximum Gasteiger partial charge on any atom is 0.493 e. The van der Waals surface area contributed by atoms with Gasteiger partial charge in [0.15, 0.2) is 0 Å². The van der Waals surface area contributed by atoms with Crippen molar-refractivity contribution in [3.05, 3.63) is 34.8 Å². The predicted molar refractivity (Wildman–Crippen MR) is 107 cm³/mol. The minimum Gasteiger partial charge on any atom is -0.486 e. The number of ether oxygens (including phenoxy) is 1. The summed E-state index contributed by atoms with van der Waals surface area (Å²) in [6, 6.07) is 3.41. The van der Waals surface area contributed by atoms with Crippen LogP contribution in [0.5, 0.6) is 5.75 Å². The van der Waals surface area contributed by atoms with Gasteiger partial charge in [0, 0.05) is 11.6 Å². The van der Waals surface area contributed by atoms with Gasteiger partial charge in [-0.3, -0.25) is 0 Å². The van der Waals surface area contributed by atoms with Crippen molar-refractivity contribution in [1.29, 1.82) is 0 Å². The van der Waals surface area contributed by atoms with Crippen LogP contribution in [0, 0.1) is 0 Å². The van der Waals surface area contributed by atoms with Gasteiger partial charge in [0.25, 0.3) is 10.0 Å². The van der Waals surface area contributed by atoms with Gasteiger partial charge in [-0.15, -0.1) is 11.3 Å². The van der Waals surface area contributed by atoms with E-state index in [0.29, 0.717) is 24.2 Å². The molecule has 2 heterocycles. The number of hydrogen-bond acceptors (Lipinski definition) is 8. The summed E-state index contributed by atoms with van der Waals surface area (Å²) in [5.74, 6) is -2.49. The second-order valence-electron chi connectivity index (χ2n) is 6.82. The Morgan fingerprint density at radius 2 is 2.00 bits per heavy atom. The molecule has 1 aromatic carbocycles. The van der Waals surface area contributed by atoms with Crippen molar-refractivity contribution in [2.24, 2.45) is 0 Å². The van der Waals surface area contributed by atoms with Crippen molar-refractivity contribution in [3.8, 4) is 5.75 Å². The lowest BCUT2D eigenvalue weighted by atomic mass is 9.94. The van der Waals surface area contributed by atoms with Crippen LogP contribution in [-0.2, 0) is 19.7 Å². The molecule has 1 aliphatic heterocycles. The molecule has 0 amide bonds. The number of nitrogens with zero attached hydrogens (tertiary/aromatic N) is 2. The van der Waals surface area contributed by atoms with Gasteiger partial charge in [-0.2, -0.15) is 21.6 Å². The van der Waals surface area contributed by atoms with Gasteiger partial charge in [0.2, 0.25) is 5.13 Å².